The maximum atomic E-state index is 13.0. The number of nitrogens with zero attached hydrogens (tertiary/aromatic N) is 1. The highest BCUT2D eigenvalue weighted by Gasteiger charge is 2.37. The molecule has 1 aromatic carbocycles. The van der Waals surface area contributed by atoms with E-state index in [1.165, 1.54) is 24.2 Å². The van der Waals surface area contributed by atoms with Crippen molar-refractivity contribution in [3.05, 3.63) is 33.1 Å². The van der Waals surface area contributed by atoms with Gasteiger partial charge in [-0.3, -0.25) is 4.79 Å². The van der Waals surface area contributed by atoms with Gasteiger partial charge in [-0.1, -0.05) is 29.3 Å². The van der Waals surface area contributed by atoms with Gasteiger partial charge in [0.05, 0.1) is 5.02 Å². The molecule has 2 aromatic rings. The fourth-order valence-electron chi connectivity index (χ4n) is 3.85. The van der Waals surface area contributed by atoms with E-state index in [9.17, 15) is 4.79 Å². The van der Waals surface area contributed by atoms with Gasteiger partial charge in [0, 0.05) is 40.3 Å². The molecule has 2 fully saturated rings. The number of nitrogens with one attached hydrogen (secondary N) is 1. The van der Waals surface area contributed by atoms with Gasteiger partial charge in [-0.25, -0.2) is 0 Å². The first kappa shape index (κ1) is 15.7. The van der Waals surface area contributed by atoms with Crippen LogP contribution in [0.3, 0.4) is 0 Å². The molecule has 0 radical (unpaired) electrons. The lowest BCUT2D eigenvalue weighted by molar-refractivity contribution is 0.0687. The number of carbonyl (C=O) groups is 1. The van der Waals surface area contributed by atoms with E-state index in [-0.39, 0.29) is 5.91 Å². The molecule has 0 saturated carbocycles. The molecule has 1 amide bonds. The number of rotatable bonds is 2. The normalized spacial score (nSPS) is 26.7. The van der Waals surface area contributed by atoms with Gasteiger partial charge in [-0.05, 0) is 37.8 Å². The Kier molecular flexibility index (Phi) is 4.04. The Morgan fingerprint density at radius 2 is 1.96 bits per heavy atom. The molecule has 2 atom stereocenters. The van der Waals surface area contributed by atoms with Gasteiger partial charge in [-0.15, -0.1) is 11.3 Å². The third kappa shape index (κ3) is 2.76. The second-order valence-electron chi connectivity index (χ2n) is 6.56. The van der Waals surface area contributed by atoms with E-state index in [0.29, 0.717) is 33.0 Å². The first-order valence-corrected chi connectivity index (χ1v) is 9.51. The molecular formula is C17H18Cl2N2OS. The first-order chi connectivity index (χ1) is 11.0. The number of amides is 1. The van der Waals surface area contributed by atoms with E-state index in [4.69, 9.17) is 23.2 Å². The maximum Gasteiger partial charge on any atom is 0.265 e. The quantitative estimate of drug-likeness (QED) is 0.842. The summed E-state index contributed by atoms with van der Waals surface area (Å²) >= 11 is 13.9. The molecule has 2 aliphatic heterocycles. The van der Waals surface area contributed by atoms with Crippen molar-refractivity contribution in [1.29, 1.82) is 0 Å². The maximum absolute atomic E-state index is 13.0. The molecular weight excluding hydrogens is 351 g/mol. The molecule has 1 N–H and O–H groups in total. The minimum Gasteiger partial charge on any atom is -0.338 e. The molecule has 4 rings (SSSR count). The predicted molar refractivity (Wildman–Crippen MR) is 96.9 cm³/mol. The van der Waals surface area contributed by atoms with Gasteiger partial charge in [-0.2, -0.15) is 0 Å². The van der Waals surface area contributed by atoms with Gasteiger partial charge in [0.15, 0.2) is 0 Å². The SMILES string of the molecule is CN(C(=O)c1sc2cc(Cl)ccc2c1Cl)C1CC2CCC(C1)N2. The Morgan fingerprint density at radius 3 is 2.65 bits per heavy atom. The van der Waals surface area contributed by atoms with Gasteiger partial charge in [0.1, 0.15) is 4.88 Å². The minimum atomic E-state index is 0.0265. The highest BCUT2D eigenvalue weighted by molar-refractivity contribution is 7.21. The molecule has 0 spiro atoms. The minimum absolute atomic E-state index is 0.0265. The number of hydrogen-bond acceptors (Lipinski definition) is 3. The van der Waals surface area contributed by atoms with Crippen molar-refractivity contribution in [3.8, 4) is 0 Å². The monoisotopic (exact) mass is 368 g/mol. The zero-order valence-corrected chi connectivity index (χ0v) is 15.1. The number of piperidine rings is 1. The Bertz CT molecular complexity index is 763. The Labute approximate surface area is 149 Å². The summed E-state index contributed by atoms with van der Waals surface area (Å²) in [5.74, 6) is 0.0265. The van der Waals surface area contributed by atoms with Crippen LogP contribution in [0.15, 0.2) is 18.2 Å². The van der Waals surface area contributed by atoms with Gasteiger partial charge >= 0.3 is 0 Å². The third-order valence-corrected chi connectivity index (χ3v) is 6.98. The summed E-state index contributed by atoms with van der Waals surface area (Å²) in [7, 11) is 1.91. The summed E-state index contributed by atoms with van der Waals surface area (Å²) in [4.78, 5) is 15.5. The standard InChI is InChI=1S/C17H18Cl2N2OS/c1-21(12-7-10-3-4-11(8-12)20-10)17(22)16-15(19)13-5-2-9(18)6-14(13)23-16/h2,5-6,10-12,20H,3-4,7-8H2,1H3. The second kappa shape index (κ2) is 5.92. The summed E-state index contributed by atoms with van der Waals surface area (Å²) in [6.07, 6.45) is 4.52. The lowest BCUT2D eigenvalue weighted by Gasteiger charge is -2.35. The van der Waals surface area contributed by atoms with Crippen molar-refractivity contribution < 1.29 is 4.79 Å². The van der Waals surface area contributed by atoms with Gasteiger partial charge in [0.2, 0.25) is 0 Å². The molecule has 6 heteroatoms. The average Bonchev–Trinajstić information content (AvgIpc) is 3.05. The molecule has 2 bridgehead atoms. The fourth-order valence-corrected chi connectivity index (χ4v) is 5.62. The van der Waals surface area contributed by atoms with Gasteiger partial charge < -0.3 is 10.2 Å². The Balaban J connectivity index is 1.62. The van der Waals surface area contributed by atoms with E-state index in [2.05, 4.69) is 5.32 Å². The van der Waals surface area contributed by atoms with Crippen LogP contribution in [0.2, 0.25) is 10.0 Å². The largest absolute Gasteiger partial charge is 0.338 e. The number of carbonyl (C=O) groups excluding carboxylic acids is 1. The Hall–Kier alpha value is -0.810. The van der Waals surface area contributed by atoms with Crippen LogP contribution in [0.5, 0.6) is 0 Å². The molecule has 2 aliphatic rings. The molecule has 3 nitrogen and oxygen atoms in total. The average molecular weight is 369 g/mol. The zero-order chi connectivity index (χ0) is 16.1. The van der Waals surface area contributed by atoms with Crippen molar-refractivity contribution in [2.75, 3.05) is 7.05 Å². The van der Waals surface area contributed by atoms with Crippen LogP contribution in [0.1, 0.15) is 35.4 Å². The number of fused-ring (bicyclic) bond motifs is 3. The van der Waals surface area contributed by atoms with E-state index < -0.39 is 0 Å². The summed E-state index contributed by atoms with van der Waals surface area (Å²) in [6, 6.07) is 6.99. The summed E-state index contributed by atoms with van der Waals surface area (Å²) in [6.45, 7) is 0. The van der Waals surface area contributed by atoms with E-state index in [0.717, 1.165) is 22.9 Å². The molecule has 122 valence electrons. The molecule has 2 saturated heterocycles. The zero-order valence-electron chi connectivity index (χ0n) is 12.8. The van der Waals surface area contributed by atoms with Crippen LogP contribution in [0.4, 0.5) is 0 Å². The number of halogens is 2. The predicted octanol–water partition coefficient (Wildman–Crippen LogP) is 4.56. The molecule has 0 aliphatic carbocycles. The van der Waals surface area contributed by atoms with E-state index >= 15 is 0 Å². The van der Waals surface area contributed by atoms with Crippen molar-refractivity contribution in [2.45, 2.75) is 43.8 Å². The number of benzene rings is 1. The number of hydrogen-bond donors (Lipinski definition) is 1. The van der Waals surface area contributed by atoms with Crippen LogP contribution in [0.25, 0.3) is 10.1 Å². The Morgan fingerprint density at radius 1 is 1.26 bits per heavy atom. The first-order valence-electron chi connectivity index (χ1n) is 7.93. The molecule has 3 heterocycles. The topological polar surface area (TPSA) is 32.3 Å². The van der Waals surface area contributed by atoms with Crippen LogP contribution < -0.4 is 5.32 Å². The summed E-state index contributed by atoms with van der Waals surface area (Å²) < 4.78 is 0.963. The van der Waals surface area contributed by atoms with Crippen LogP contribution in [0, 0.1) is 0 Å². The van der Waals surface area contributed by atoms with Crippen molar-refractivity contribution in [3.63, 3.8) is 0 Å². The molecule has 2 unspecified atom stereocenters. The van der Waals surface area contributed by atoms with E-state index in [1.807, 2.05) is 30.1 Å². The third-order valence-electron chi connectivity index (χ3n) is 5.10. The van der Waals surface area contributed by atoms with Crippen LogP contribution >= 0.6 is 34.5 Å². The van der Waals surface area contributed by atoms with Crippen molar-refractivity contribution >= 4 is 50.5 Å². The molecule has 23 heavy (non-hydrogen) atoms. The van der Waals surface area contributed by atoms with Crippen LogP contribution in [-0.2, 0) is 0 Å². The fraction of sp³-hybridized carbons (Fsp3) is 0.471. The summed E-state index contributed by atoms with van der Waals surface area (Å²) in [5, 5.41) is 5.74. The van der Waals surface area contributed by atoms with Crippen LogP contribution in [-0.4, -0.2) is 36.0 Å². The highest BCUT2D eigenvalue weighted by atomic mass is 35.5. The lowest BCUT2D eigenvalue weighted by atomic mass is 9.98. The molecule has 1 aromatic heterocycles. The lowest BCUT2D eigenvalue weighted by Crippen LogP contribution is -2.48. The van der Waals surface area contributed by atoms with Gasteiger partial charge in [0.25, 0.3) is 5.91 Å². The number of thiophene rings is 1. The van der Waals surface area contributed by atoms with E-state index in [1.54, 1.807) is 0 Å². The smallest absolute Gasteiger partial charge is 0.265 e. The van der Waals surface area contributed by atoms with Crippen molar-refractivity contribution in [2.24, 2.45) is 0 Å². The second-order valence-corrected chi connectivity index (χ2v) is 8.43. The summed E-state index contributed by atoms with van der Waals surface area (Å²) in [5.41, 5.74) is 0. The highest BCUT2D eigenvalue weighted by Crippen LogP contribution is 2.38. The van der Waals surface area contributed by atoms with Crippen molar-refractivity contribution in [1.82, 2.24) is 10.2 Å².